The van der Waals surface area contributed by atoms with Crippen molar-refractivity contribution >= 4 is 38.2 Å². The van der Waals surface area contributed by atoms with Crippen LogP contribution in [0.25, 0.3) is 16.9 Å². The molecular formula is C23H21F6N7O4S2. The Morgan fingerprint density at radius 1 is 1.07 bits per heavy atom. The van der Waals surface area contributed by atoms with Crippen LogP contribution in [0.15, 0.2) is 40.7 Å². The fourth-order valence-electron chi connectivity index (χ4n) is 3.56. The topological polar surface area (TPSA) is 131 Å². The van der Waals surface area contributed by atoms with Gasteiger partial charge in [0.25, 0.3) is 10.0 Å². The number of hydrogen-bond acceptors (Lipinski definition) is 9. The maximum absolute atomic E-state index is 13.8. The van der Waals surface area contributed by atoms with Gasteiger partial charge in [0.15, 0.2) is 26.4 Å². The molecule has 0 radical (unpaired) electrons. The van der Waals surface area contributed by atoms with E-state index in [4.69, 9.17) is 4.74 Å². The standard InChI is InChI=1S/C23H21F6N7O4S2/c1-12-19(42(38,39)31-8-9-35(2)3)41-20(32-12)34-21(37)40-16-11-30-36-17(23(27,28)29)10-15(33-18(16)36)13-4-6-14(7-5-13)22(24,25)26/h4-7,10-11,31H,8-9H2,1-3H3,(H,32,34,37). The number of halogens is 6. The molecule has 3 heterocycles. The Kier molecular flexibility index (Phi) is 8.50. The Bertz CT molecular complexity index is 1720. The van der Waals surface area contributed by atoms with Crippen LogP contribution in [0.4, 0.5) is 36.3 Å². The summed E-state index contributed by atoms with van der Waals surface area (Å²) in [4.78, 5) is 22.4. The smallest absolute Gasteiger partial charge is 0.404 e. The van der Waals surface area contributed by atoms with E-state index in [2.05, 4.69) is 25.1 Å². The summed E-state index contributed by atoms with van der Waals surface area (Å²) in [7, 11) is -0.421. The van der Waals surface area contributed by atoms with Crippen LogP contribution in [0.5, 0.6) is 5.75 Å². The van der Waals surface area contributed by atoms with Gasteiger partial charge in [-0.2, -0.15) is 31.4 Å². The number of hydrogen-bond donors (Lipinski definition) is 2. The monoisotopic (exact) mass is 637 g/mol. The van der Waals surface area contributed by atoms with Crippen LogP contribution in [-0.4, -0.2) is 66.2 Å². The molecule has 1 aromatic carbocycles. The van der Waals surface area contributed by atoms with E-state index in [0.717, 1.165) is 18.3 Å². The van der Waals surface area contributed by atoms with Crippen molar-refractivity contribution < 1.29 is 44.3 Å². The van der Waals surface area contributed by atoms with Crippen LogP contribution in [0, 0.1) is 6.92 Å². The van der Waals surface area contributed by atoms with Gasteiger partial charge < -0.3 is 9.64 Å². The summed E-state index contributed by atoms with van der Waals surface area (Å²) in [6, 6.07) is 3.89. The fraction of sp³-hybridized carbons (Fsp3) is 0.304. The molecule has 0 atom stereocenters. The third-order valence-corrected chi connectivity index (χ3v) is 8.64. The number of likely N-dealkylation sites (N-methyl/N-ethyl adjacent to an activating group) is 1. The van der Waals surface area contributed by atoms with E-state index < -0.39 is 51.1 Å². The van der Waals surface area contributed by atoms with Gasteiger partial charge in [0.2, 0.25) is 0 Å². The van der Waals surface area contributed by atoms with Crippen LogP contribution in [0.2, 0.25) is 0 Å². The van der Waals surface area contributed by atoms with Crippen molar-refractivity contribution in [3.8, 4) is 17.0 Å². The summed E-state index contributed by atoms with van der Waals surface area (Å²) in [5.74, 6) is -0.516. The molecule has 2 N–H and O–H groups in total. The average Bonchev–Trinajstić information content (AvgIpc) is 3.45. The number of sulfonamides is 1. The second kappa shape index (κ2) is 11.5. The fourth-order valence-corrected chi connectivity index (χ4v) is 6.03. The molecule has 4 aromatic rings. The summed E-state index contributed by atoms with van der Waals surface area (Å²) >= 11 is 0.626. The summed E-state index contributed by atoms with van der Waals surface area (Å²) in [5, 5.41) is 5.64. The first-order chi connectivity index (χ1) is 19.5. The van der Waals surface area contributed by atoms with Crippen molar-refractivity contribution in [3.05, 3.63) is 53.5 Å². The number of fused-ring (bicyclic) bond motifs is 1. The summed E-state index contributed by atoms with van der Waals surface area (Å²) in [5.41, 5.74) is -3.24. The van der Waals surface area contributed by atoms with Crippen molar-refractivity contribution in [1.29, 1.82) is 0 Å². The largest absolute Gasteiger partial charge is 0.433 e. The van der Waals surface area contributed by atoms with Gasteiger partial charge in [-0.3, -0.25) is 5.32 Å². The number of anilines is 1. The van der Waals surface area contributed by atoms with E-state index >= 15 is 0 Å². The molecule has 11 nitrogen and oxygen atoms in total. The highest BCUT2D eigenvalue weighted by atomic mass is 32.2. The molecule has 42 heavy (non-hydrogen) atoms. The lowest BCUT2D eigenvalue weighted by molar-refractivity contribution is -0.142. The molecule has 0 aliphatic carbocycles. The van der Waals surface area contributed by atoms with Crippen molar-refractivity contribution in [2.45, 2.75) is 23.5 Å². The lowest BCUT2D eigenvalue weighted by Gasteiger charge is -2.12. The Morgan fingerprint density at radius 2 is 1.74 bits per heavy atom. The Balaban J connectivity index is 1.60. The molecule has 1 amide bonds. The first-order valence-corrected chi connectivity index (χ1v) is 14.0. The first-order valence-electron chi connectivity index (χ1n) is 11.7. The van der Waals surface area contributed by atoms with E-state index in [9.17, 15) is 39.6 Å². The molecule has 0 aliphatic rings. The van der Waals surface area contributed by atoms with Gasteiger partial charge >= 0.3 is 18.4 Å². The van der Waals surface area contributed by atoms with Crippen LogP contribution >= 0.6 is 11.3 Å². The number of nitrogens with zero attached hydrogens (tertiary/aromatic N) is 5. The molecule has 226 valence electrons. The zero-order chi connectivity index (χ0) is 31.0. The van der Waals surface area contributed by atoms with Crippen LogP contribution in [-0.2, 0) is 22.4 Å². The van der Waals surface area contributed by atoms with E-state index in [-0.39, 0.29) is 32.8 Å². The normalized spacial score (nSPS) is 12.7. The predicted octanol–water partition coefficient (Wildman–Crippen LogP) is 4.65. The highest BCUT2D eigenvalue weighted by Crippen LogP contribution is 2.36. The number of benzene rings is 1. The first kappa shape index (κ1) is 31.1. The number of rotatable bonds is 8. The van der Waals surface area contributed by atoms with Gasteiger partial charge in [0, 0.05) is 18.7 Å². The number of aryl methyl sites for hydroxylation is 1. The van der Waals surface area contributed by atoms with Crippen molar-refractivity contribution in [1.82, 2.24) is 29.2 Å². The van der Waals surface area contributed by atoms with Gasteiger partial charge in [-0.25, -0.2) is 32.4 Å². The van der Waals surface area contributed by atoms with Crippen molar-refractivity contribution in [2.24, 2.45) is 0 Å². The third-order valence-electron chi connectivity index (χ3n) is 5.50. The second-order valence-electron chi connectivity index (χ2n) is 8.95. The molecule has 19 heteroatoms. The predicted molar refractivity (Wildman–Crippen MR) is 139 cm³/mol. The highest BCUT2D eigenvalue weighted by Gasteiger charge is 2.36. The number of ether oxygens (including phenoxy) is 1. The molecule has 0 fully saturated rings. The molecule has 0 spiro atoms. The average molecular weight is 638 g/mol. The number of alkyl halides is 6. The SMILES string of the molecule is Cc1nc(NC(=O)Oc2cnn3c(C(F)(F)F)cc(-c4ccc(C(F)(F)F)cc4)nc23)sc1S(=O)(=O)NCCN(C)C. The molecule has 0 saturated heterocycles. The number of thiazole rings is 1. The van der Waals surface area contributed by atoms with Gasteiger partial charge in [0.1, 0.15) is 0 Å². The van der Waals surface area contributed by atoms with Crippen LogP contribution in [0.1, 0.15) is 17.0 Å². The van der Waals surface area contributed by atoms with Gasteiger partial charge in [-0.15, -0.1) is 0 Å². The molecule has 0 unspecified atom stereocenters. The molecule has 0 saturated carbocycles. The molecule has 3 aromatic heterocycles. The minimum absolute atomic E-state index is 0.0706. The minimum Gasteiger partial charge on any atom is -0.404 e. The number of amides is 1. The summed E-state index contributed by atoms with van der Waals surface area (Å²) in [6.07, 6.45) is -10.1. The van der Waals surface area contributed by atoms with E-state index in [1.54, 1.807) is 19.0 Å². The summed E-state index contributed by atoms with van der Waals surface area (Å²) in [6.45, 7) is 1.95. The Labute approximate surface area is 238 Å². The molecule has 4 rings (SSSR count). The molecule has 0 bridgehead atoms. The van der Waals surface area contributed by atoms with Gasteiger partial charge in [-0.05, 0) is 39.2 Å². The zero-order valence-electron chi connectivity index (χ0n) is 21.8. The van der Waals surface area contributed by atoms with Gasteiger partial charge in [0.05, 0.1) is 23.1 Å². The van der Waals surface area contributed by atoms with E-state index in [1.807, 2.05) is 0 Å². The van der Waals surface area contributed by atoms with E-state index in [1.165, 1.54) is 6.92 Å². The summed E-state index contributed by atoms with van der Waals surface area (Å²) < 4.78 is 113. The van der Waals surface area contributed by atoms with Crippen LogP contribution < -0.4 is 14.8 Å². The Morgan fingerprint density at radius 3 is 2.33 bits per heavy atom. The number of nitrogens with one attached hydrogen (secondary N) is 2. The number of aromatic nitrogens is 4. The number of carbonyl (C=O) groups excluding carboxylic acids is 1. The molecular weight excluding hydrogens is 616 g/mol. The second-order valence-corrected chi connectivity index (χ2v) is 11.9. The quantitative estimate of drug-likeness (QED) is 0.267. The minimum atomic E-state index is -4.96. The van der Waals surface area contributed by atoms with Gasteiger partial charge in [-0.1, -0.05) is 23.5 Å². The maximum Gasteiger partial charge on any atom is 0.433 e. The van der Waals surface area contributed by atoms with Crippen molar-refractivity contribution in [2.75, 3.05) is 32.5 Å². The highest BCUT2D eigenvalue weighted by molar-refractivity contribution is 7.91. The van der Waals surface area contributed by atoms with Crippen LogP contribution in [0.3, 0.4) is 0 Å². The third kappa shape index (κ3) is 6.97. The molecule has 0 aliphatic heterocycles. The zero-order valence-corrected chi connectivity index (χ0v) is 23.5. The van der Waals surface area contributed by atoms with Crippen molar-refractivity contribution in [3.63, 3.8) is 0 Å². The number of carbonyl (C=O) groups is 1. The maximum atomic E-state index is 13.8. The lowest BCUT2D eigenvalue weighted by Crippen LogP contribution is -2.31. The van der Waals surface area contributed by atoms with E-state index in [0.29, 0.717) is 40.6 Å². The lowest BCUT2D eigenvalue weighted by atomic mass is 10.1. The Hall–Kier alpha value is -3.81.